The molecule has 0 bridgehead atoms. The lowest BCUT2D eigenvalue weighted by molar-refractivity contribution is 0.285. The summed E-state index contributed by atoms with van der Waals surface area (Å²) in [6.45, 7) is 5.60. The van der Waals surface area contributed by atoms with E-state index in [0.717, 1.165) is 12.1 Å². The first-order valence-corrected chi connectivity index (χ1v) is 6.36. The van der Waals surface area contributed by atoms with Crippen molar-refractivity contribution < 1.29 is 9.13 Å². The van der Waals surface area contributed by atoms with Gasteiger partial charge in [-0.2, -0.15) is 0 Å². The fourth-order valence-electron chi connectivity index (χ4n) is 1.82. The molecule has 0 aliphatic heterocycles. The predicted octanol–water partition coefficient (Wildman–Crippen LogP) is 3.29. The fraction of sp³-hybridized carbons (Fsp3) is 0.571. The van der Waals surface area contributed by atoms with Crippen molar-refractivity contribution in [3.63, 3.8) is 0 Å². The standard InChI is InChI=1S/C14H20FNO/c1-3-16-10(2)12-6-7-14(13(15)8-12)17-9-11-4-5-11/h6-8,10-11,16H,3-5,9H2,1-2H3. The number of rotatable bonds is 6. The van der Waals surface area contributed by atoms with Crippen molar-refractivity contribution >= 4 is 0 Å². The summed E-state index contributed by atoms with van der Waals surface area (Å²) in [6.07, 6.45) is 2.44. The van der Waals surface area contributed by atoms with Crippen molar-refractivity contribution in [3.8, 4) is 5.75 Å². The molecule has 1 saturated carbocycles. The highest BCUT2D eigenvalue weighted by Gasteiger charge is 2.22. The summed E-state index contributed by atoms with van der Waals surface area (Å²) in [6, 6.07) is 5.40. The van der Waals surface area contributed by atoms with Crippen LogP contribution < -0.4 is 10.1 Å². The van der Waals surface area contributed by atoms with Crippen LogP contribution >= 0.6 is 0 Å². The van der Waals surface area contributed by atoms with Gasteiger partial charge in [-0.1, -0.05) is 13.0 Å². The van der Waals surface area contributed by atoms with E-state index in [2.05, 4.69) is 5.32 Å². The lowest BCUT2D eigenvalue weighted by Crippen LogP contribution is -2.17. The summed E-state index contributed by atoms with van der Waals surface area (Å²) in [5.74, 6) is 0.770. The molecule has 1 aromatic rings. The Labute approximate surface area is 102 Å². The fourth-order valence-corrected chi connectivity index (χ4v) is 1.82. The van der Waals surface area contributed by atoms with Crippen molar-refractivity contribution in [3.05, 3.63) is 29.6 Å². The van der Waals surface area contributed by atoms with Crippen LogP contribution in [0.3, 0.4) is 0 Å². The minimum absolute atomic E-state index is 0.173. The largest absolute Gasteiger partial charge is 0.490 e. The van der Waals surface area contributed by atoms with Gasteiger partial charge in [-0.25, -0.2) is 4.39 Å². The highest BCUT2D eigenvalue weighted by atomic mass is 19.1. The van der Waals surface area contributed by atoms with Crippen LogP contribution in [0, 0.1) is 11.7 Å². The third-order valence-corrected chi connectivity index (χ3v) is 3.14. The maximum atomic E-state index is 13.8. The number of nitrogens with one attached hydrogen (secondary N) is 1. The van der Waals surface area contributed by atoms with Gasteiger partial charge in [0.15, 0.2) is 11.6 Å². The van der Waals surface area contributed by atoms with Gasteiger partial charge in [0.2, 0.25) is 0 Å². The van der Waals surface area contributed by atoms with E-state index < -0.39 is 0 Å². The zero-order chi connectivity index (χ0) is 12.3. The molecule has 1 unspecified atom stereocenters. The lowest BCUT2D eigenvalue weighted by atomic mass is 10.1. The average Bonchev–Trinajstić information content (AvgIpc) is 3.11. The van der Waals surface area contributed by atoms with E-state index in [4.69, 9.17) is 4.74 Å². The second-order valence-corrected chi connectivity index (χ2v) is 4.72. The second-order valence-electron chi connectivity index (χ2n) is 4.72. The average molecular weight is 237 g/mol. The van der Waals surface area contributed by atoms with Gasteiger partial charge in [-0.15, -0.1) is 0 Å². The topological polar surface area (TPSA) is 21.3 Å². The van der Waals surface area contributed by atoms with Crippen LogP contribution in [0.1, 0.15) is 38.3 Å². The summed E-state index contributed by atoms with van der Waals surface area (Å²) < 4.78 is 19.2. The summed E-state index contributed by atoms with van der Waals surface area (Å²) in [7, 11) is 0. The monoisotopic (exact) mass is 237 g/mol. The van der Waals surface area contributed by atoms with Gasteiger partial charge < -0.3 is 10.1 Å². The molecule has 1 aromatic carbocycles. The smallest absolute Gasteiger partial charge is 0.165 e. The van der Waals surface area contributed by atoms with Crippen LogP contribution in [-0.2, 0) is 0 Å². The SMILES string of the molecule is CCNC(C)c1ccc(OCC2CC2)c(F)c1. The number of hydrogen-bond acceptors (Lipinski definition) is 2. The highest BCUT2D eigenvalue weighted by molar-refractivity contribution is 5.31. The van der Waals surface area contributed by atoms with E-state index in [1.807, 2.05) is 19.9 Å². The van der Waals surface area contributed by atoms with E-state index in [1.165, 1.54) is 12.8 Å². The van der Waals surface area contributed by atoms with Crippen molar-refractivity contribution in [2.24, 2.45) is 5.92 Å². The first kappa shape index (κ1) is 12.4. The molecule has 0 radical (unpaired) electrons. The summed E-state index contributed by atoms with van der Waals surface area (Å²) >= 11 is 0. The lowest BCUT2D eigenvalue weighted by Gasteiger charge is -2.14. The van der Waals surface area contributed by atoms with E-state index in [1.54, 1.807) is 12.1 Å². The Morgan fingerprint density at radius 3 is 2.82 bits per heavy atom. The zero-order valence-corrected chi connectivity index (χ0v) is 10.5. The highest BCUT2D eigenvalue weighted by Crippen LogP contribution is 2.30. The first-order chi connectivity index (χ1) is 8.20. The van der Waals surface area contributed by atoms with Crippen molar-refractivity contribution in [1.82, 2.24) is 5.32 Å². The molecule has 17 heavy (non-hydrogen) atoms. The van der Waals surface area contributed by atoms with Crippen LogP contribution in [0.4, 0.5) is 4.39 Å². The first-order valence-electron chi connectivity index (χ1n) is 6.36. The molecular weight excluding hydrogens is 217 g/mol. The molecule has 0 amide bonds. The summed E-state index contributed by atoms with van der Waals surface area (Å²) in [4.78, 5) is 0. The third-order valence-electron chi connectivity index (χ3n) is 3.14. The molecule has 0 aromatic heterocycles. The summed E-state index contributed by atoms with van der Waals surface area (Å²) in [5.41, 5.74) is 0.961. The van der Waals surface area contributed by atoms with Gasteiger partial charge in [0.25, 0.3) is 0 Å². The van der Waals surface area contributed by atoms with E-state index in [0.29, 0.717) is 18.3 Å². The van der Waals surface area contributed by atoms with Crippen LogP contribution in [-0.4, -0.2) is 13.2 Å². The molecule has 2 nitrogen and oxygen atoms in total. The Morgan fingerprint density at radius 2 is 2.24 bits per heavy atom. The second kappa shape index (κ2) is 5.50. The molecule has 94 valence electrons. The van der Waals surface area contributed by atoms with E-state index >= 15 is 0 Å². The molecule has 2 rings (SSSR count). The molecule has 0 saturated heterocycles. The van der Waals surface area contributed by atoms with Gasteiger partial charge >= 0.3 is 0 Å². The Morgan fingerprint density at radius 1 is 1.47 bits per heavy atom. The van der Waals surface area contributed by atoms with Crippen molar-refractivity contribution in [2.45, 2.75) is 32.7 Å². The Hall–Kier alpha value is -1.09. The molecule has 1 fully saturated rings. The maximum Gasteiger partial charge on any atom is 0.165 e. The van der Waals surface area contributed by atoms with E-state index in [-0.39, 0.29) is 11.9 Å². The Kier molecular flexibility index (Phi) is 4.00. The van der Waals surface area contributed by atoms with Crippen LogP contribution in [0.2, 0.25) is 0 Å². The molecule has 0 heterocycles. The van der Waals surface area contributed by atoms with Crippen LogP contribution in [0.25, 0.3) is 0 Å². The number of halogens is 1. The van der Waals surface area contributed by atoms with Crippen LogP contribution in [0.15, 0.2) is 18.2 Å². The minimum Gasteiger partial charge on any atom is -0.490 e. The van der Waals surface area contributed by atoms with Crippen LogP contribution in [0.5, 0.6) is 5.75 Å². The normalized spacial score (nSPS) is 16.9. The predicted molar refractivity (Wildman–Crippen MR) is 66.7 cm³/mol. The quantitative estimate of drug-likeness (QED) is 0.819. The number of benzene rings is 1. The molecule has 1 N–H and O–H groups in total. The summed E-state index contributed by atoms with van der Waals surface area (Å²) in [5, 5.41) is 3.26. The number of hydrogen-bond donors (Lipinski definition) is 1. The van der Waals surface area contributed by atoms with Gasteiger partial charge in [-0.3, -0.25) is 0 Å². The molecule has 1 atom stereocenters. The Bertz CT molecular complexity index is 376. The molecule has 1 aliphatic rings. The van der Waals surface area contributed by atoms with Gasteiger partial charge in [-0.05, 0) is 49.9 Å². The zero-order valence-electron chi connectivity index (χ0n) is 10.5. The Balaban J connectivity index is 1.99. The minimum atomic E-state index is -0.257. The van der Waals surface area contributed by atoms with Crippen molar-refractivity contribution in [1.29, 1.82) is 0 Å². The maximum absolute atomic E-state index is 13.8. The van der Waals surface area contributed by atoms with Crippen molar-refractivity contribution in [2.75, 3.05) is 13.2 Å². The molecular formula is C14H20FNO. The van der Waals surface area contributed by atoms with Gasteiger partial charge in [0, 0.05) is 6.04 Å². The third kappa shape index (κ3) is 3.43. The van der Waals surface area contributed by atoms with Gasteiger partial charge in [0.1, 0.15) is 0 Å². The van der Waals surface area contributed by atoms with E-state index in [9.17, 15) is 4.39 Å². The molecule has 1 aliphatic carbocycles. The van der Waals surface area contributed by atoms with Gasteiger partial charge in [0.05, 0.1) is 6.61 Å². The molecule has 3 heteroatoms. The number of ether oxygens (including phenoxy) is 1. The molecule has 0 spiro atoms.